The van der Waals surface area contributed by atoms with Gasteiger partial charge in [0.05, 0.1) is 0 Å². The standard InChI is InChI=1S/C16H17Cl2NO/c17-14-7-6-13(15(18)11-14)8-9-19-16(20)10-12-4-2-1-3-5-12/h1-7,11,16,19-20H,8-10H2. The Kier molecular flexibility index (Phi) is 5.86. The van der Waals surface area contributed by atoms with Crippen molar-refractivity contribution in [3.05, 3.63) is 69.7 Å². The van der Waals surface area contributed by atoms with Crippen molar-refractivity contribution in [1.29, 1.82) is 0 Å². The summed E-state index contributed by atoms with van der Waals surface area (Å²) in [5.41, 5.74) is 2.13. The van der Waals surface area contributed by atoms with Gasteiger partial charge in [-0.2, -0.15) is 0 Å². The number of hydrogen-bond acceptors (Lipinski definition) is 2. The Morgan fingerprint density at radius 1 is 1.05 bits per heavy atom. The van der Waals surface area contributed by atoms with Crippen LogP contribution in [0.25, 0.3) is 0 Å². The normalized spacial score (nSPS) is 12.3. The fraction of sp³-hybridized carbons (Fsp3) is 0.250. The molecule has 1 atom stereocenters. The molecule has 0 aromatic heterocycles. The summed E-state index contributed by atoms with van der Waals surface area (Å²) in [6.45, 7) is 0.662. The Balaban J connectivity index is 1.78. The summed E-state index contributed by atoms with van der Waals surface area (Å²) in [5.74, 6) is 0. The van der Waals surface area contributed by atoms with Crippen LogP contribution in [0.15, 0.2) is 48.5 Å². The third kappa shape index (κ3) is 4.80. The third-order valence-electron chi connectivity index (χ3n) is 3.06. The fourth-order valence-corrected chi connectivity index (χ4v) is 2.51. The Morgan fingerprint density at radius 3 is 2.50 bits per heavy atom. The summed E-state index contributed by atoms with van der Waals surface area (Å²) in [4.78, 5) is 0. The second kappa shape index (κ2) is 7.65. The summed E-state index contributed by atoms with van der Waals surface area (Å²) >= 11 is 12.0. The van der Waals surface area contributed by atoms with E-state index < -0.39 is 6.23 Å². The first-order valence-electron chi connectivity index (χ1n) is 6.54. The van der Waals surface area contributed by atoms with E-state index in [2.05, 4.69) is 5.32 Å². The van der Waals surface area contributed by atoms with Gasteiger partial charge in [-0.05, 0) is 29.7 Å². The van der Waals surface area contributed by atoms with Crippen molar-refractivity contribution in [3.8, 4) is 0 Å². The van der Waals surface area contributed by atoms with Crippen molar-refractivity contribution in [2.45, 2.75) is 19.1 Å². The highest BCUT2D eigenvalue weighted by Gasteiger charge is 2.06. The molecule has 0 fully saturated rings. The van der Waals surface area contributed by atoms with Crippen LogP contribution in [0.1, 0.15) is 11.1 Å². The van der Waals surface area contributed by atoms with E-state index in [1.54, 1.807) is 6.07 Å². The molecule has 0 heterocycles. The van der Waals surface area contributed by atoms with Crippen LogP contribution in [-0.2, 0) is 12.8 Å². The van der Waals surface area contributed by atoms with Crippen LogP contribution < -0.4 is 5.32 Å². The minimum atomic E-state index is -0.552. The van der Waals surface area contributed by atoms with E-state index in [4.69, 9.17) is 23.2 Å². The molecule has 2 aromatic rings. The highest BCUT2D eigenvalue weighted by atomic mass is 35.5. The van der Waals surface area contributed by atoms with E-state index in [9.17, 15) is 5.11 Å². The first-order valence-corrected chi connectivity index (χ1v) is 7.30. The van der Waals surface area contributed by atoms with E-state index in [1.165, 1.54) is 0 Å². The van der Waals surface area contributed by atoms with Crippen molar-refractivity contribution in [1.82, 2.24) is 5.32 Å². The zero-order chi connectivity index (χ0) is 14.4. The summed E-state index contributed by atoms with van der Waals surface area (Å²) in [6.07, 6.45) is 0.792. The van der Waals surface area contributed by atoms with Crippen LogP contribution in [0.3, 0.4) is 0 Å². The van der Waals surface area contributed by atoms with Crippen molar-refractivity contribution < 1.29 is 5.11 Å². The molecule has 0 bridgehead atoms. The summed E-state index contributed by atoms with van der Waals surface area (Å²) in [6, 6.07) is 15.4. The maximum Gasteiger partial charge on any atom is 0.108 e. The largest absolute Gasteiger partial charge is 0.378 e. The molecule has 2 rings (SSSR count). The number of rotatable bonds is 6. The molecule has 1 unspecified atom stereocenters. The topological polar surface area (TPSA) is 32.3 Å². The molecule has 0 aliphatic heterocycles. The van der Waals surface area contributed by atoms with E-state index in [0.29, 0.717) is 23.0 Å². The Labute approximate surface area is 129 Å². The number of halogens is 2. The van der Waals surface area contributed by atoms with Gasteiger partial charge < -0.3 is 5.11 Å². The average molecular weight is 310 g/mol. The van der Waals surface area contributed by atoms with E-state index in [1.807, 2.05) is 42.5 Å². The molecule has 2 aromatic carbocycles. The summed E-state index contributed by atoms with van der Waals surface area (Å²) in [7, 11) is 0. The number of aliphatic hydroxyl groups excluding tert-OH is 1. The van der Waals surface area contributed by atoms with Gasteiger partial charge in [0.15, 0.2) is 0 Å². The zero-order valence-electron chi connectivity index (χ0n) is 11.0. The molecule has 0 saturated carbocycles. The van der Waals surface area contributed by atoms with Crippen LogP contribution >= 0.6 is 23.2 Å². The second-order valence-electron chi connectivity index (χ2n) is 4.65. The highest BCUT2D eigenvalue weighted by molar-refractivity contribution is 6.35. The van der Waals surface area contributed by atoms with E-state index in [0.717, 1.165) is 17.5 Å². The predicted molar refractivity (Wildman–Crippen MR) is 84.3 cm³/mol. The predicted octanol–water partition coefficient (Wildman–Crippen LogP) is 3.69. The molecule has 0 radical (unpaired) electrons. The number of aliphatic hydroxyl groups is 1. The minimum Gasteiger partial charge on any atom is -0.378 e. The summed E-state index contributed by atoms with van der Waals surface area (Å²) in [5, 5.41) is 14.3. The zero-order valence-corrected chi connectivity index (χ0v) is 12.5. The summed E-state index contributed by atoms with van der Waals surface area (Å²) < 4.78 is 0. The molecule has 2 N–H and O–H groups in total. The molecular weight excluding hydrogens is 293 g/mol. The molecule has 20 heavy (non-hydrogen) atoms. The van der Waals surface area contributed by atoms with E-state index in [-0.39, 0.29) is 0 Å². The van der Waals surface area contributed by atoms with Gasteiger partial charge in [0.25, 0.3) is 0 Å². The lowest BCUT2D eigenvalue weighted by Gasteiger charge is -2.13. The van der Waals surface area contributed by atoms with Gasteiger partial charge in [-0.1, -0.05) is 59.6 Å². The van der Waals surface area contributed by atoms with Crippen LogP contribution in [0.2, 0.25) is 10.0 Å². The molecule has 0 saturated heterocycles. The minimum absolute atomic E-state index is 0.552. The monoisotopic (exact) mass is 309 g/mol. The number of benzene rings is 2. The first kappa shape index (κ1) is 15.3. The molecular formula is C16H17Cl2NO. The van der Waals surface area contributed by atoms with Crippen LogP contribution in [-0.4, -0.2) is 17.9 Å². The number of nitrogens with one attached hydrogen (secondary N) is 1. The van der Waals surface area contributed by atoms with Gasteiger partial charge >= 0.3 is 0 Å². The van der Waals surface area contributed by atoms with Gasteiger partial charge in [-0.15, -0.1) is 0 Å². The Hall–Kier alpha value is -1.06. The van der Waals surface area contributed by atoms with Gasteiger partial charge in [0.1, 0.15) is 6.23 Å². The maximum atomic E-state index is 9.93. The van der Waals surface area contributed by atoms with Gasteiger partial charge in [0, 0.05) is 23.0 Å². The van der Waals surface area contributed by atoms with Crippen molar-refractivity contribution in [3.63, 3.8) is 0 Å². The maximum absolute atomic E-state index is 9.93. The van der Waals surface area contributed by atoms with Crippen molar-refractivity contribution in [2.75, 3.05) is 6.54 Å². The second-order valence-corrected chi connectivity index (χ2v) is 5.49. The smallest absolute Gasteiger partial charge is 0.108 e. The third-order valence-corrected chi connectivity index (χ3v) is 3.65. The first-order chi connectivity index (χ1) is 9.65. The Morgan fingerprint density at radius 2 is 1.80 bits per heavy atom. The lowest BCUT2D eigenvalue weighted by atomic mass is 10.1. The quantitative estimate of drug-likeness (QED) is 0.798. The molecule has 0 aliphatic rings. The molecule has 4 heteroatoms. The number of hydrogen-bond donors (Lipinski definition) is 2. The van der Waals surface area contributed by atoms with Crippen LogP contribution in [0, 0.1) is 0 Å². The Bertz CT molecular complexity index is 545. The van der Waals surface area contributed by atoms with Crippen molar-refractivity contribution >= 4 is 23.2 Å². The molecule has 106 valence electrons. The molecule has 0 spiro atoms. The lowest BCUT2D eigenvalue weighted by Crippen LogP contribution is -2.32. The SMILES string of the molecule is OC(Cc1ccccc1)NCCc1ccc(Cl)cc1Cl. The van der Waals surface area contributed by atoms with Gasteiger partial charge in [0.2, 0.25) is 0 Å². The lowest BCUT2D eigenvalue weighted by molar-refractivity contribution is 0.138. The van der Waals surface area contributed by atoms with Gasteiger partial charge in [-0.25, -0.2) is 0 Å². The van der Waals surface area contributed by atoms with Crippen LogP contribution in [0.5, 0.6) is 0 Å². The molecule has 0 aliphatic carbocycles. The highest BCUT2D eigenvalue weighted by Crippen LogP contribution is 2.21. The molecule has 0 amide bonds. The van der Waals surface area contributed by atoms with Crippen molar-refractivity contribution in [2.24, 2.45) is 0 Å². The fourth-order valence-electron chi connectivity index (χ4n) is 2.01. The van der Waals surface area contributed by atoms with E-state index >= 15 is 0 Å². The van der Waals surface area contributed by atoms with Crippen LogP contribution in [0.4, 0.5) is 0 Å². The molecule has 2 nitrogen and oxygen atoms in total. The van der Waals surface area contributed by atoms with Gasteiger partial charge in [-0.3, -0.25) is 5.32 Å². The average Bonchev–Trinajstić information content (AvgIpc) is 2.42.